The van der Waals surface area contributed by atoms with Gasteiger partial charge in [0.15, 0.2) is 0 Å². The SMILES string of the molecule is COCc1ccccc1N1CCCN2CCCC2C1. The molecule has 2 fully saturated rings. The summed E-state index contributed by atoms with van der Waals surface area (Å²) in [5.74, 6) is 0. The van der Waals surface area contributed by atoms with Crippen LogP contribution in [0.2, 0.25) is 0 Å². The molecule has 2 aliphatic heterocycles. The lowest BCUT2D eigenvalue weighted by atomic mass is 10.1. The maximum atomic E-state index is 5.34. The van der Waals surface area contributed by atoms with Gasteiger partial charge in [-0.3, -0.25) is 4.90 Å². The van der Waals surface area contributed by atoms with Crippen molar-refractivity contribution in [3.8, 4) is 0 Å². The molecule has 104 valence electrons. The van der Waals surface area contributed by atoms with Gasteiger partial charge in [-0.05, 0) is 31.9 Å². The molecular weight excluding hydrogens is 236 g/mol. The van der Waals surface area contributed by atoms with Crippen LogP contribution in [-0.2, 0) is 11.3 Å². The number of methoxy groups -OCH3 is 1. The molecular formula is C16H24N2O. The largest absolute Gasteiger partial charge is 0.380 e. The minimum Gasteiger partial charge on any atom is -0.380 e. The van der Waals surface area contributed by atoms with Crippen LogP contribution in [0.4, 0.5) is 5.69 Å². The molecule has 2 heterocycles. The monoisotopic (exact) mass is 260 g/mol. The second-order valence-electron chi connectivity index (χ2n) is 5.69. The van der Waals surface area contributed by atoms with Gasteiger partial charge in [-0.2, -0.15) is 0 Å². The van der Waals surface area contributed by atoms with Crippen molar-refractivity contribution >= 4 is 5.69 Å². The molecule has 0 spiro atoms. The van der Waals surface area contributed by atoms with E-state index in [9.17, 15) is 0 Å². The van der Waals surface area contributed by atoms with Crippen molar-refractivity contribution < 1.29 is 4.74 Å². The minimum absolute atomic E-state index is 0.709. The van der Waals surface area contributed by atoms with Gasteiger partial charge in [0.25, 0.3) is 0 Å². The van der Waals surface area contributed by atoms with Crippen LogP contribution in [0.3, 0.4) is 0 Å². The average molecular weight is 260 g/mol. The number of benzene rings is 1. The molecule has 0 radical (unpaired) electrons. The van der Waals surface area contributed by atoms with Gasteiger partial charge in [0.2, 0.25) is 0 Å². The van der Waals surface area contributed by atoms with E-state index in [0.29, 0.717) is 6.61 Å². The predicted molar refractivity (Wildman–Crippen MR) is 78.6 cm³/mol. The molecule has 19 heavy (non-hydrogen) atoms. The van der Waals surface area contributed by atoms with Crippen LogP contribution in [0.5, 0.6) is 0 Å². The quantitative estimate of drug-likeness (QED) is 0.830. The summed E-state index contributed by atoms with van der Waals surface area (Å²) in [5, 5.41) is 0. The molecule has 1 atom stereocenters. The molecule has 3 nitrogen and oxygen atoms in total. The van der Waals surface area contributed by atoms with E-state index in [-0.39, 0.29) is 0 Å². The summed E-state index contributed by atoms with van der Waals surface area (Å²) in [7, 11) is 1.78. The maximum absolute atomic E-state index is 5.34. The lowest BCUT2D eigenvalue weighted by Gasteiger charge is -2.29. The van der Waals surface area contributed by atoms with Crippen molar-refractivity contribution in [2.45, 2.75) is 31.9 Å². The molecule has 0 aromatic heterocycles. The number of fused-ring (bicyclic) bond motifs is 1. The van der Waals surface area contributed by atoms with E-state index in [2.05, 4.69) is 34.1 Å². The number of hydrogen-bond donors (Lipinski definition) is 0. The lowest BCUT2D eigenvalue weighted by molar-refractivity contribution is 0.185. The van der Waals surface area contributed by atoms with E-state index >= 15 is 0 Å². The Morgan fingerprint density at radius 2 is 2.00 bits per heavy atom. The number of rotatable bonds is 3. The zero-order valence-corrected chi connectivity index (χ0v) is 11.8. The highest BCUT2D eigenvalue weighted by Gasteiger charge is 2.29. The van der Waals surface area contributed by atoms with E-state index in [4.69, 9.17) is 4.74 Å². The predicted octanol–water partition coefficient (Wildman–Crippen LogP) is 2.51. The molecule has 0 aliphatic carbocycles. The molecule has 2 aliphatic rings. The third-order valence-electron chi connectivity index (χ3n) is 4.44. The fraction of sp³-hybridized carbons (Fsp3) is 0.625. The van der Waals surface area contributed by atoms with Gasteiger partial charge in [-0.25, -0.2) is 0 Å². The standard InChI is InChI=1S/C16H24N2O/c1-19-13-14-6-2-3-8-16(14)18-11-5-10-17-9-4-7-15(17)12-18/h2-3,6,8,15H,4-5,7,9-13H2,1H3. The van der Waals surface area contributed by atoms with Crippen LogP contribution in [0, 0.1) is 0 Å². The first-order chi connectivity index (χ1) is 9.38. The number of anilines is 1. The Labute approximate surface area is 116 Å². The van der Waals surface area contributed by atoms with Crippen molar-refractivity contribution in [3.05, 3.63) is 29.8 Å². The maximum Gasteiger partial charge on any atom is 0.0733 e. The molecule has 1 unspecified atom stereocenters. The van der Waals surface area contributed by atoms with E-state index in [1.165, 1.54) is 56.7 Å². The third-order valence-corrected chi connectivity index (χ3v) is 4.44. The number of nitrogens with zero attached hydrogens (tertiary/aromatic N) is 2. The molecule has 3 heteroatoms. The average Bonchev–Trinajstić information content (AvgIpc) is 2.77. The lowest BCUT2D eigenvalue weighted by Crippen LogP contribution is -2.37. The minimum atomic E-state index is 0.709. The first-order valence-corrected chi connectivity index (χ1v) is 7.44. The van der Waals surface area contributed by atoms with Crippen molar-refractivity contribution in [3.63, 3.8) is 0 Å². The Kier molecular flexibility index (Phi) is 4.04. The van der Waals surface area contributed by atoms with Crippen molar-refractivity contribution in [2.75, 3.05) is 38.2 Å². The van der Waals surface area contributed by atoms with Gasteiger partial charge in [-0.1, -0.05) is 18.2 Å². The van der Waals surface area contributed by atoms with E-state index in [1.54, 1.807) is 7.11 Å². The first-order valence-electron chi connectivity index (χ1n) is 7.44. The normalized spacial score (nSPS) is 24.3. The van der Waals surface area contributed by atoms with Crippen LogP contribution >= 0.6 is 0 Å². The molecule has 0 bridgehead atoms. The Balaban J connectivity index is 1.80. The summed E-state index contributed by atoms with van der Waals surface area (Å²) in [6, 6.07) is 9.46. The van der Waals surface area contributed by atoms with E-state index < -0.39 is 0 Å². The number of hydrogen-bond acceptors (Lipinski definition) is 3. The Morgan fingerprint density at radius 3 is 2.89 bits per heavy atom. The van der Waals surface area contributed by atoms with E-state index in [0.717, 1.165) is 6.04 Å². The fourth-order valence-electron chi connectivity index (χ4n) is 3.52. The molecule has 0 saturated carbocycles. The third kappa shape index (κ3) is 2.77. The topological polar surface area (TPSA) is 15.7 Å². The summed E-state index contributed by atoms with van der Waals surface area (Å²) >= 11 is 0. The van der Waals surface area contributed by atoms with Gasteiger partial charge in [0.1, 0.15) is 0 Å². The highest BCUT2D eigenvalue weighted by Crippen LogP contribution is 2.27. The summed E-state index contributed by atoms with van der Waals surface area (Å²) in [5.41, 5.74) is 2.69. The summed E-state index contributed by atoms with van der Waals surface area (Å²) in [6.45, 7) is 5.64. The second kappa shape index (κ2) is 5.93. The first kappa shape index (κ1) is 12.9. The molecule has 1 aromatic carbocycles. The fourth-order valence-corrected chi connectivity index (χ4v) is 3.52. The van der Waals surface area contributed by atoms with Gasteiger partial charge >= 0.3 is 0 Å². The van der Waals surface area contributed by atoms with Crippen molar-refractivity contribution in [1.29, 1.82) is 0 Å². The molecule has 0 N–H and O–H groups in total. The van der Waals surface area contributed by atoms with Gasteiger partial charge in [0, 0.05) is 44.0 Å². The van der Waals surface area contributed by atoms with E-state index in [1.807, 2.05) is 0 Å². The van der Waals surface area contributed by atoms with Gasteiger partial charge < -0.3 is 9.64 Å². The zero-order valence-electron chi connectivity index (χ0n) is 11.8. The van der Waals surface area contributed by atoms with Crippen LogP contribution < -0.4 is 4.90 Å². The van der Waals surface area contributed by atoms with Gasteiger partial charge in [-0.15, -0.1) is 0 Å². The molecule has 0 amide bonds. The second-order valence-corrected chi connectivity index (χ2v) is 5.69. The Hall–Kier alpha value is -1.06. The van der Waals surface area contributed by atoms with Crippen LogP contribution in [0.25, 0.3) is 0 Å². The Bertz CT molecular complexity index is 421. The van der Waals surface area contributed by atoms with Gasteiger partial charge in [0.05, 0.1) is 6.61 Å². The van der Waals surface area contributed by atoms with Crippen LogP contribution in [-0.4, -0.2) is 44.2 Å². The summed E-state index contributed by atoms with van der Waals surface area (Å²) in [6.07, 6.45) is 4.01. The highest BCUT2D eigenvalue weighted by molar-refractivity contribution is 5.53. The number of ether oxygens (including phenoxy) is 1. The molecule has 1 aromatic rings. The Morgan fingerprint density at radius 1 is 1.16 bits per heavy atom. The van der Waals surface area contributed by atoms with Crippen LogP contribution in [0.1, 0.15) is 24.8 Å². The molecule has 2 saturated heterocycles. The van der Waals surface area contributed by atoms with Crippen molar-refractivity contribution in [2.24, 2.45) is 0 Å². The summed E-state index contributed by atoms with van der Waals surface area (Å²) < 4.78 is 5.34. The summed E-state index contributed by atoms with van der Waals surface area (Å²) in [4.78, 5) is 5.25. The smallest absolute Gasteiger partial charge is 0.0733 e. The number of para-hydroxylation sites is 1. The van der Waals surface area contributed by atoms with Crippen LogP contribution in [0.15, 0.2) is 24.3 Å². The molecule has 3 rings (SSSR count). The van der Waals surface area contributed by atoms with Crippen molar-refractivity contribution in [1.82, 2.24) is 4.90 Å². The highest BCUT2D eigenvalue weighted by atomic mass is 16.5. The zero-order chi connectivity index (χ0) is 13.1.